The average Bonchev–Trinajstić information content (AvgIpc) is 3.34. The van der Waals surface area contributed by atoms with Crippen LogP contribution in [-0.2, 0) is 26.2 Å². The fourth-order valence-electron chi connectivity index (χ4n) is 4.47. The van der Waals surface area contributed by atoms with Crippen molar-refractivity contribution >= 4 is 66.7 Å². The summed E-state index contributed by atoms with van der Waals surface area (Å²) in [5.41, 5.74) is 1.14. The summed E-state index contributed by atoms with van der Waals surface area (Å²) in [5.74, 6) is -0.418. The SMILES string of the molecule is CC(C(=O)NC1CCCC1)N(Cc1cccc(Br)c1)C(=O)CCCN(c1cc(Cl)ccc1Cl)S(C)(=O)=O. The van der Waals surface area contributed by atoms with Crippen molar-refractivity contribution in [3.63, 3.8) is 0 Å². The number of benzene rings is 2. The summed E-state index contributed by atoms with van der Waals surface area (Å²) >= 11 is 15.8. The Morgan fingerprint density at radius 2 is 1.84 bits per heavy atom. The van der Waals surface area contributed by atoms with Gasteiger partial charge in [0, 0.05) is 35.0 Å². The van der Waals surface area contributed by atoms with Crippen LogP contribution in [-0.4, -0.2) is 50.0 Å². The molecule has 11 heteroatoms. The van der Waals surface area contributed by atoms with E-state index in [0.717, 1.165) is 46.3 Å². The molecule has 0 radical (unpaired) electrons. The highest BCUT2D eigenvalue weighted by Crippen LogP contribution is 2.31. The quantitative estimate of drug-likeness (QED) is 0.340. The molecule has 0 saturated heterocycles. The van der Waals surface area contributed by atoms with E-state index in [1.54, 1.807) is 17.9 Å². The third-order valence-corrected chi connectivity index (χ3v) is 8.67. The summed E-state index contributed by atoms with van der Waals surface area (Å²) in [6, 6.07) is 11.7. The van der Waals surface area contributed by atoms with Gasteiger partial charge in [-0.1, -0.05) is 64.1 Å². The van der Waals surface area contributed by atoms with Crippen molar-refractivity contribution in [2.45, 2.75) is 64.1 Å². The van der Waals surface area contributed by atoms with Crippen LogP contribution >= 0.6 is 39.1 Å². The van der Waals surface area contributed by atoms with E-state index in [1.807, 2.05) is 24.3 Å². The molecule has 0 aliphatic heterocycles. The van der Waals surface area contributed by atoms with Gasteiger partial charge in [0.2, 0.25) is 21.8 Å². The van der Waals surface area contributed by atoms with E-state index in [1.165, 1.54) is 12.1 Å². The van der Waals surface area contributed by atoms with Gasteiger partial charge >= 0.3 is 0 Å². The van der Waals surface area contributed by atoms with Crippen molar-refractivity contribution < 1.29 is 18.0 Å². The first-order chi connectivity index (χ1) is 17.5. The van der Waals surface area contributed by atoms with Crippen molar-refractivity contribution in [3.05, 3.63) is 62.5 Å². The summed E-state index contributed by atoms with van der Waals surface area (Å²) < 4.78 is 27.1. The molecule has 0 spiro atoms. The van der Waals surface area contributed by atoms with Gasteiger partial charge in [-0.15, -0.1) is 0 Å². The molecule has 2 aromatic carbocycles. The number of halogens is 3. The van der Waals surface area contributed by atoms with Crippen molar-refractivity contribution in [2.75, 3.05) is 17.1 Å². The number of anilines is 1. The van der Waals surface area contributed by atoms with Crippen LogP contribution in [0.2, 0.25) is 10.0 Å². The number of hydrogen-bond donors (Lipinski definition) is 1. The van der Waals surface area contributed by atoms with E-state index in [2.05, 4.69) is 21.2 Å². The largest absolute Gasteiger partial charge is 0.352 e. The Morgan fingerprint density at radius 3 is 2.49 bits per heavy atom. The van der Waals surface area contributed by atoms with Gasteiger partial charge in [-0.2, -0.15) is 0 Å². The van der Waals surface area contributed by atoms with E-state index < -0.39 is 16.1 Å². The van der Waals surface area contributed by atoms with E-state index in [0.29, 0.717) is 5.02 Å². The fraction of sp³-hybridized carbons (Fsp3) is 0.462. The van der Waals surface area contributed by atoms with Crippen LogP contribution in [0.5, 0.6) is 0 Å². The highest BCUT2D eigenvalue weighted by molar-refractivity contribution is 9.10. The molecule has 37 heavy (non-hydrogen) atoms. The summed E-state index contributed by atoms with van der Waals surface area (Å²) in [5, 5.41) is 3.68. The van der Waals surface area contributed by atoms with Crippen LogP contribution in [0.4, 0.5) is 5.69 Å². The zero-order valence-corrected chi connectivity index (χ0v) is 24.8. The Bertz CT molecular complexity index is 1220. The summed E-state index contributed by atoms with van der Waals surface area (Å²) in [7, 11) is -3.68. The lowest BCUT2D eigenvalue weighted by molar-refractivity contribution is -0.141. The number of carbonyl (C=O) groups is 2. The number of nitrogens with zero attached hydrogens (tertiary/aromatic N) is 2. The molecule has 1 aliphatic rings. The molecule has 3 rings (SSSR count). The maximum absolute atomic E-state index is 13.4. The summed E-state index contributed by atoms with van der Waals surface area (Å²) in [4.78, 5) is 28.0. The normalized spacial score (nSPS) is 14.8. The van der Waals surface area contributed by atoms with Crippen molar-refractivity contribution in [1.82, 2.24) is 10.2 Å². The zero-order valence-electron chi connectivity index (χ0n) is 20.9. The van der Waals surface area contributed by atoms with E-state index >= 15 is 0 Å². The van der Waals surface area contributed by atoms with Crippen LogP contribution in [0, 0.1) is 0 Å². The Kier molecular flexibility index (Phi) is 10.7. The molecule has 0 bridgehead atoms. The van der Waals surface area contributed by atoms with Crippen LogP contribution in [0.3, 0.4) is 0 Å². The van der Waals surface area contributed by atoms with Gasteiger partial charge in [0.1, 0.15) is 6.04 Å². The first kappa shape index (κ1) is 29.7. The molecular weight excluding hydrogens is 601 g/mol. The molecule has 202 valence electrons. The molecule has 7 nitrogen and oxygen atoms in total. The van der Waals surface area contributed by atoms with E-state index in [-0.39, 0.29) is 54.5 Å². The van der Waals surface area contributed by atoms with Gasteiger partial charge in [-0.25, -0.2) is 8.42 Å². The van der Waals surface area contributed by atoms with Crippen molar-refractivity contribution in [3.8, 4) is 0 Å². The molecule has 0 aromatic heterocycles. The lowest BCUT2D eigenvalue weighted by atomic mass is 10.1. The maximum Gasteiger partial charge on any atom is 0.242 e. The van der Waals surface area contributed by atoms with E-state index in [9.17, 15) is 18.0 Å². The lowest BCUT2D eigenvalue weighted by Gasteiger charge is -2.30. The van der Waals surface area contributed by atoms with Crippen LogP contribution < -0.4 is 9.62 Å². The zero-order chi connectivity index (χ0) is 27.2. The third-order valence-electron chi connectivity index (χ3n) is 6.44. The predicted octanol–water partition coefficient (Wildman–Crippen LogP) is 5.78. The Balaban J connectivity index is 1.74. The molecule has 2 aromatic rings. The smallest absolute Gasteiger partial charge is 0.242 e. The average molecular weight is 633 g/mol. The number of carbonyl (C=O) groups excluding carboxylic acids is 2. The monoisotopic (exact) mass is 631 g/mol. The second-order valence-corrected chi connectivity index (χ2v) is 13.0. The number of rotatable bonds is 11. The highest BCUT2D eigenvalue weighted by Gasteiger charge is 2.29. The molecular formula is C26H32BrCl2N3O4S. The molecule has 1 atom stereocenters. The molecule has 0 heterocycles. The van der Waals surface area contributed by atoms with Crippen LogP contribution in [0.25, 0.3) is 0 Å². The van der Waals surface area contributed by atoms with E-state index in [4.69, 9.17) is 23.2 Å². The second kappa shape index (κ2) is 13.3. The van der Waals surface area contributed by atoms with Gasteiger partial charge in [0.15, 0.2) is 0 Å². The van der Waals surface area contributed by atoms with Crippen molar-refractivity contribution in [1.29, 1.82) is 0 Å². The maximum atomic E-state index is 13.4. The number of sulfonamides is 1. The minimum absolute atomic E-state index is 0.0397. The first-order valence-corrected chi connectivity index (χ1v) is 15.6. The van der Waals surface area contributed by atoms with Gasteiger partial charge in [-0.05, 0) is 62.1 Å². The van der Waals surface area contributed by atoms with Crippen LogP contribution in [0.15, 0.2) is 46.9 Å². The topological polar surface area (TPSA) is 86.8 Å². The first-order valence-electron chi connectivity index (χ1n) is 12.2. The Morgan fingerprint density at radius 1 is 1.14 bits per heavy atom. The lowest BCUT2D eigenvalue weighted by Crippen LogP contribution is -2.49. The Labute approximate surface area is 237 Å². The molecule has 2 amide bonds. The number of hydrogen-bond acceptors (Lipinski definition) is 4. The molecule has 1 aliphatic carbocycles. The molecule has 1 N–H and O–H groups in total. The number of nitrogens with one attached hydrogen (secondary N) is 1. The van der Waals surface area contributed by atoms with Gasteiger partial charge < -0.3 is 10.2 Å². The molecule has 1 unspecified atom stereocenters. The Hall–Kier alpha value is -1.81. The standard InChI is InChI=1S/C26H32BrCl2N3O4S/c1-18(26(34)30-22-9-3-4-10-22)31(17-19-7-5-8-20(27)15-19)25(33)11-6-14-32(37(2,35)36)24-16-21(28)12-13-23(24)29/h5,7-8,12-13,15-16,18,22H,3-4,6,9-11,14,17H2,1-2H3,(H,30,34). The van der Waals surface area contributed by atoms with Gasteiger partial charge in [-0.3, -0.25) is 13.9 Å². The number of amides is 2. The molecule has 1 saturated carbocycles. The van der Waals surface area contributed by atoms with Crippen molar-refractivity contribution in [2.24, 2.45) is 0 Å². The molecule has 1 fully saturated rings. The summed E-state index contributed by atoms with van der Waals surface area (Å²) in [6.07, 6.45) is 5.46. The minimum Gasteiger partial charge on any atom is -0.352 e. The van der Waals surface area contributed by atoms with Crippen LogP contribution in [0.1, 0.15) is 51.0 Å². The highest BCUT2D eigenvalue weighted by atomic mass is 79.9. The second-order valence-electron chi connectivity index (χ2n) is 9.35. The predicted molar refractivity (Wildman–Crippen MR) is 152 cm³/mol. The van der Waals surface area contributed by atoms with Gasteiger partial charge in [0.05, 0.1) is 17.0 Å². The fourth-order valence-corrected chi connectivity index (χ4v) is 6.32. The minimum atomic E-state index is -3.68. The van der Waals surface area contributed by atoms with Gasteiger partial charge in [0.25, 0.3) is 0 Å². The third kappa shape index (κ3) is 8.60. The summed E-state index contributed by atoms with van der Waals surface area (Å²) in [6.45, 7) is 2.03.